The Hall–Kier alpha value is -2.18. The Morgan fingerprint density at radius 2 is 1.92 bits per heavy atom. The molecule has 2 aromatic heterocycles. The second-order valence-corrected chi connectivity index (χ2v) is 6.99. The van der Waals surface area contributed by atoms with Gasteiger partial charge in [-0.25, -0.2) is 14.6 Å². The van der Waals surface area contributed by atoms with E-state index in [1.165, 1.54) is 0 Å². The van der Waals surface area contributed by atoms with Gasteiger partial charge in [-0.2, -0.15) is 5.10 Å². The molecule has 130 valence electrons. The van der Waals surface area contributed by atoms with Crippen LogP contribution in [0, 0.1) is 6.92 Å². The first-order valence-corrected chi connectivity index (χ1v) is 8.76. The fourth-order valence-electron chi connectivity index (χ4n) is 3.34. The minimum atomic E-state index is 0.166. The molecule has 0 N–H and O–H groups in total. The molecule has 0 spiro atoms. The van der Waals surface area contributed by atoms with E-state index >= 15 is 0 Å². The van der Waals surface area contributed by atoms with E-state index in [4.69, 9.17) is 16.3 Å². The highest BCUT2D eigenvalue weighted by Crippen LogP contribution is 2.28. The van der Waals surface area contributed by atoms with Gasteiger partial charge in [-0.05, 0) is 38.5 Å². The Labute approximate surface area is 151 Å². The number of benzene rings is 1. The van der Waals surface area contributed by atoms with Crippen molar-refractivity contribution in [1.29, 1.82) is 0 Å². The summed E-state index contributed by atoms with van der Waals surface area (Å²) in [7, 11) is 0. The molecule has 0 aliphatic carbocycles. The van der Waals surface area contributed by atoms with Crippen LogP contribution in [-0.4, -0.2) is 45.0 Å². The van der Waals surface area contributed by atoms with Crippen molar-refractivity contribution in [1.82, 2.24) is 19.7 Å². The number of aromatic nitrogens is 4. The molecule has 2 atom stereocenters. The molecule has 1 aliphatic heterocycles. The van der Waals surface area contributed by atoms with Gasteiger partial charge in [0.15, 0.2) is 5.65 Å². The summed E-state index contributed by atoms with van der Waals surface area (Å²) in [6.07, 6.45) is 3.75. The van der Waals surface area contributed by atoms with Crippen molar-refractivity contribution in [3.8, 4) is 5.69 Å². The quantitative estimate of drug-likeness (QED) is 0.703. The van der Waals surface area contributed by atoms with Crippen LogP contribution in [0.5, 0.6) is 0 Å². The van der Waals surface area contributed by atoms with E-state index in [9.17, 15) is 0 Å². The number of nitrogens with zero attached hydrogens (tertiary/aromatic N) is 5. The van der Waals surface area contributed by atoms with Gasteiger partial charge in [0, 0.05) is 18.1 Å². The number of ether oxygens (including phenoxy) is 1. The fraction of sp³-hybridized carbons (Fsp3) is 0.389. The number of hydrogen-bond acceptors (Lipinski definition) is 5. The van der Waals surface area contributed by atoms with Crippen molar-refractivity contribution in [2.24, 2.45) is 0 Å². The number of halogens is 1. The van der Waals surface area contributed by atoms with Crippen LogP contribution >= 0.6 is 11.6 Å². The Morgan fingerprint density at radius 3 is 2.64 bits per heavy atom. The normalized spacial score (nSPS) is 21.0. The van der Waals surface area contributed by atoms with Crippen molar-refractivity contribution in [2.75, 3.05) is 18.0 Å². The summed E-state index contributed by atoms with van der Waals surface area (Å²) in [5.74, 6) is 0.899. The molecule has 6 nitrogen and oxygen atoms in total. The van der Waals surface area contributed by atoms with Gasteiger partial charge in [0.2, 0.25) is 0 Å². The van der Waals surface area contributed by atoms with Gasteiger partial charge < -0.3 is 9.64 Å². The third kappa shape index (κ3) is 2.96. The van der Waals surface area contributed by atoms with Crippen molar-refractivity contribution in [2.45, 2.75) is 33.0 Å². The lowest BCUT2D eigenvalue weighted by molar-refractivity contribution is -0.00537. The Bertz CT molecular complexity index is 915. The maximum Gasteiger partial charge on any atom is 0.168 e. The van der Waals surface area contributed by atoms with Crippen LogP contribution in [0.3, 0.4) is 0 Å². The van der Waals surface area contributed by atoms with Crippen molar-refractivity contribution in [3.05, 3.63) is 41.3 Å². The molecular weight excluding hydrogens is 338 g/mol. The Balaban J connectivity index is 1.79. The standard InChI is InChI=1S/C18H20ClN5O/c1-11-4-5-14(6-16(11)19)24-18-15(7-22-24)17(20-10-21-18)23-8-12(2)25-13(3)9-23/h4-7,10,12-13H,8-9H2,1-3H3/t12-,13-/m0/s1. The predicted molar refractivity (Wildman–Crippen MR) is 98.6 cm³/mol. The van der Waals surface area contributed by atoms with Gasteiger partial charge in [0.25, 0.3) is 0 Å². The van der Waals surface area contributed by atoms with E-state index < -0.39 is 0 Å². The first-order valence-electron chi connectivity index (χ1n) is 8.38. The first kappa shape index (κ1) is 16.3. The van der Waals surface area contributed by atoms with Gasteiger partial charge in [-0.3, -0.25) is 0 Å². The molecule has 0 saturated carbocycles. The average molecular weight is 358 g/mol. The molecule has 0 bridgehead atoms. The van der Waals surface area contributed by atoms with Crippen LogP contribution in [0.4, 0.5) is 5.82 Å². The molecule has 1 saturated heterocycles. The molecule has 3 aromatic rings. The predicted octanol–water partition coefficient (Wildman–Crippen LogP) is 3.39. The summed E-state index contributed by atoms with van der Waals surface area (Å²) in [5, 5.41) is 6.17. The second-order valence-electron chi connectivity index (χ2n) is 6.59. The zero-order valence-corrected chi connectivity index (χ0v) is 15.2. The Morgan fingerprint density at radius 1 is 1.16 bits per heavy atom. The van der Waals surface area contributed by atoms with Gasteiger partial charge in [0.05, 0.1) is 29.5 Å². The van der Waals surface area contributed by atoms with Crippen molar-refractivity contribution < 1.29 is 4.74 Å². The summed E-state index contributed by atoms with van der Waals surface area (Å²) in [4.78, 5) is 11.2. The number of fused-ring (bicyclic) bond motifs is 1. The molecule has 0 radical (unpaired) electrons. The number of anilines is 1. The second kappa shape index (κ2) is 6.28. The summed E-state index contributed by atoms with van der Waals surface area (Å²) < 4.78 is 7.63. The molecule has 3 heterocycles. The molecule has 1 fully saturated rings. The lowest BCUT2D eigenvalue weighted by Gasteiger charge is -2.36. The highest BCUT2D eigenvalue weighted by Gasteiger charge is 2.25. The number of aryl methyl sites for hydroxylation is 1. The molecule has 4 rings (SSSR count). The lowest BCUT2D eigenvalue weighted by atomic mass is 10.2. The smallest absolute Gasteiger partial charge is 0.168 e. The van der Waals surface area contributed by atoms with E-state index in [0.29, 0.717) is 5.02 Å². The Kier molecular flexibility index (Phi) is 4.09. The molecular formula is C18H20ClN5O. The number of hydrogen-bond donors (Lipinski definition) is 0. The van der Waals surface area contributed by atoms with E-state index in [1.54, 1.807) is 11.0 Å². The van der Waals surface area contributed by atoms with Crippen LogP contribution in [-0.2, 0) is 4.74 Å². The summed E-state index contributed by atoms with van der Waals surface area (Å²) >= 11 is 6.27. The fourth-order valence-corrected chi connectivity index (χ4v) is 3.51. The van der Waals surface area contributed by atoms with Crippen LogP contribution < -0.4 is 4.90 Å². The average Bonchev–Trinajstić information content (AvgIpc) is 3.00. The van der Waals surface area contributed by atoms with Gasteiger partial charge in [-0.15, -0.1) is 0 Å². The molecule has 0 unspecified atom stereocenters. The molecule has 25 heavy (non-hydrogen) atoms. The van der Waals surface area contributed by atoms with Crippen molar-refractivity contribution in [3.63, 3.8) is 0 Å². The van der Waals surface area contributed by atoms with Crippen molar-refractivity contribution >= 4 is 28.5 Å². The monoisotopic (exact) mass is 357 g/mol. The summed E-state index contributed by atoms with van der Waals surface area (Å²) in [6.45, 7) is 7.75. The van der Waals surface area contributed by atoms with Crippen LogP contribution in [0.25, 0.3) is 16.7 Å². The third-order valence-electron chi connectivity index (χ3n) is 4.46. The number of morpholine rings is 1. The minimum absolute atomic E-state index is 0.166. The highest BCUT2D eigenvalue weighted by atomic mass is 35.5. The molecule has 7 heteroatoms. The maximum absolute atomic E-state index is 6.27. The lowest BCUT2D eigenvalue weighted by Crippen LogP contribution is -2.45. The van der Waals surface area contributed by atoms with E-state index in [0.717, 1.165) is 41.2 Å². The van der Waals surface area contributed by atoms with Crippen LogP contribution in [0.2, 0.25) is 5.02 Å². The van der Waals surface area contributed by atoms with Gasteiger partial charge >= 0.3 is 0 Å². The first-order chi connectivity index (χ1) is 12.0. The SMILES string of the molecule is Cc1ccc(-n2ncc3c(N4C[C@H](C)O[C@@H](C)C4)ncnc32)cc1Cl. The van der Waals surface area contributed by atoms with Crippen LogP contribution in [0.15, 0.2) is 30.7 Å². The largest absolute Gasteiger partial charge is 0.372 e. The zero-order chi connectivity index (χ0) is 17.6. The third-order valence-corrected chi connectivity index (χ3v) is 4.87. The van der Waals surface area contributed by atoms with E-state index in [2.05, 4.69) is 33.8 Å². The highest BCUT2D eigenvalue weighted by molar-refractivity contribution is 6.31. The van der Waals surface area contributed by atoms with Gasteiger partial charge in [0.1, 0.15) is 12.1 Å². The summed E-state index contributed by atoms with van der Waals surface area (Å²) in [5.41, 5.74) is 2.70. The van der Waals surface area contributed by atoms with E-state index in [1.807, 2.05) is 31.3 Å². The van der Waals surface area contributed by atoms with E-state index in [-0.39, 0.29) is 12.2 Å². The maximum atomic E-state index is 6.27. The summed E-state index contributed by atoms with van der Waals surface area (Å²) in [6, 6.07) is 5.89. The molecule has 1 aliphatic rings. The molecule has 0 amide bonds. The number of rotatable bonds is 2. The van der Waals surface area contributed by atoms with Gasteiger partial charge in [-0.1, -0.05) is 17.7 Å². The van der Waals surface area contributed by atoms with Crippen LogP contribution in [0.1, 0.15) is 19.4 Å². The topological polar surface area (TPSA) is 56.1 Å². The molecule has 1 aromatic carbocycles. The zero-order valence-electron chi connectivity index (χ0n) is 14.5. The minimum Gasteiger partial charge on any atom is -0.372 e.